The van der Waals surface area contributed by atoms with Crippen LogP contribution in [0.1, 0.15) is 72.1 Å². The second-order valence-corrected chi connectivity index (χ2v) is 14.4. The van der Waals surface area contributed by atoms with Gasteiger partial charge in [0.05, 0.1) is 5.69 Å². The van der Waals surface area contributed by atoms with Crippen LogP contribution in [0.25, 0.3) is 43.4 Å². The smallest absolute Gasteiger partial charge is 0.208 e. The molecule has 1 aliphatic carbocycles. The number of rotatable bonds is 4. The van der Waals surface area contributed by atoms with Crippen LogP contribution in [0.5, 0.6) is 28.7 Å². The van der Waals surface area contributed by atoms with Gasteiger partial charge in [0, 0.05) is 39.8 Å². The Kier molecular flexibility index (Phi) is 10.5. The number of aromatic hydroxyl groups is 5. The lowest BCUT2D eigenvalue weighted by atomic mass is 9.82. The number of para-hydroxylation sites is 1. The first-order chi connectivity index (χ1) is 28.1. The Morgan fingerprint density at radius 3 is 1.78 bits per heavy atom. The molecule has 1 aliphatic heterocycles. The van der Waals surface area contributed by atoms with Crippen molar-refractivity contribution in [2.75, 3.05) is 16.3 Å². The van der Waals surface area contributed by atoms with Gasteiger partial charge in [-0.3, -0.25) is 0 Å². The Labute approximate surface area is 340 Å². The van der Waals surface area contributed by atoms with Gasteiger partial charge in [0.15, 0.2) is 11.5 Å². The molecule has 5 N–H and O–H groups in total. The van der Waals surface area contributed by atoms with Crippen LogP contribution < -0.4 is 9.80 Å². The first kappa shape index (κ1) is 39.6. The van der Waals surface area contributed by atoms with Crippen LogP contribution >= 0.6 is 0 Å². The van der Waals surface area contributed by atoms with Crippen molar-refractivity contribution in [3.05, 3.63) is 132 Å². The summed E-state index contributed by atoms with van der Waals surface area (Å²) >= 11 is 0. The summed E-state index contributed by atoms with van der Waals surface area (Å²) in [6.45, 7) is 17.2. The fraction of sp³-hybridized carbons (Fsp3) is 0.216. The van der Waals surface area contributed by atoms with E-state index in [0.717, 1.165) is 67.7 Å². The summed E-state index contributed by atoms with van der Waals surface area (Å²) in [5.41, 5.74) is 8.70. The predicted octanol–water partition coefficient (Wildman–Crippen LogP) is 13.7. The normalized spacial score (nSPS) is 13.1. The molecule has 58 heavy (non-hydrogen) atoms. The first-order valence-electron chi connectivity index (χ1n) is 20.4. The van der Waals surface area contributed by atoms with Crippen molar-refractivity contribution in [2.45, 2.75) is 67.2 Å². The molecule has 8 aromatic carbocycles. The standard InChI is InChI=1S/C45H34N2O5.3C2H6/c1-45(2)32-9-5-4-8-28(32)29-18-15-27(23-33(29)45)47(39-40(48)42(50)44(52)43(51)41(39)49)36-20-14-26-11-16-30-35(46-22-21-24-7-3-6-10-34(24)46)19-13-25-12-17-31(36)38(26)37(25)30;3*1-2/h3-20,23,48-52H,21-22H2,1-2H3;3*1-2H3. The minimum atomic E-state index is -1.00. The third-order valence-electron chi connectivity index (χ3n) is 11.4. The second kappa shape index (κ2) is 15.4. The van der Waals surface area contributed by atoms with Crippen molar-refractivity contribution < 1.29 is 25.5 Å². The van der Waals surface area contributed by atoms with Crippen LogP contribution in [0, 0.1) is 0 Å². The summed E-state index contributed by atoms with van der Waals surface area (Å²) in [6.07, 6.45) is 0.971. The molecule has 0 fully saturated rings. The first-order valence-corrected chi connectivity index (χ1v) is 20.4. The summed E-state index contributed by atoms with van der Waals surface area (Å²) in [5, 5.41) is 61.1. The van der Waals surface area contributed by atoms with Crippen LogP contribution in [0.4, 0.5) is 28.4 Å². The van der Waals surface area contributed by atoms with Crippen LogP contribution in [-0.4, -0.2) is 32.1 Å². The van der Waals surface area contributed by atoms with E-state index in [0.29, 0.717) is 11.4 Å². The molecule has 0 spiro atoms. The summed E-state index contributed by atoms with van der Waals surface area (Å²) in [7, 11) is 0. The maximum absolute atomic E-state index is 11.5. The van der Waals surface area contributed by atoms with E-state index in [1.54, 1.807) is 4.90 Å². The maximum atomic E-state index is 11.5. The van der Waals surface area contributed by atoms with Crippen molar-refractivity contribution in [3.63, 3.8) is 0 Å². The number of hydrogen-bond donors (Lipinski definition) is 5. The molecular formula is C51H52N2O5. The van der Waals surface area contributed by atoms with Crippen molar-refractivity contribution in [3.8, 4) is 39.9 Å². The van der Waals surface area contributed by atoms with Crippen molar-refractivity contribution >= 4 is 60.8 Å². The van der Waals surface area contributed by atoms with Gasteiger partial charge in [0.25, 0.3) is 0 Å². The largest absolute Gasteiger partial charge is 0.503 e. The molecule has 8 aromatic rings. The third-order valence-corrected chi connectivity index (χ3v) is 11.4. The van der Waals surface area contributed by atoms with Crippen LogP contribution in [0.15, 0.2) is 115 Å². The van der Waals surface area contributed by atoms with Gasteiger partial charge in [-0.15, -0.1) is 0 Å². The Morgan fingerprint density at radius 1 is 0.517 bits per heavy atom. The number of phenolic OH excluding ortho intramolecular Hbond substituents is 5. The molecule has 1 heterocycles. The molecular weight excluding hydrogens is 721 g/mol. The Morgan fingerprint density at radius 2 is 1.07 bits per heavy atom. The van der Waals surface area contributed by atoms with E-state index >= 15 is 0 Å². The van der Waals surface area contributed by atoms with Crippen LogP contribution in [0.3, 0.4) is 0 Å². The van der Waals surface area contributed by atoms with Crippen LogP contribution in [0.2, 0.25) is 0 Å². The number of benzene rings is 8. The lowest BCUT2D eigenvalue weighted by Gasteiger charge is -2.31. The Balaban J connectivity index is 0.000000818. The van der Waals surface area contributed by atoms with E-state index < -0.39 is 28.7 Å². The molecule has 10 rings (SSSR count). The molecule has 0 unspecified atom stereocenters. The lowest BCUT2D eigenvalue weighted by Crippen LogP contribution is -2.17. The van der Waals surface area contributed by atoms with E-state index in [2.05, 4.69) is 85.5 Å². The molecule has 0 saturated carbocycles. The van der Waals surface area contributed by atoms with E-state index in [-0.39, 0.29) is 11.1 Å². The molecule has 0 bridgehead atoms. The minimum absolute atomic E-state index is 0.259. The van der Waals surface area contributed by atoms with Gasteiger partial charge >= 0.3 is 0 Å². The van der Waals surface area contributed by atoms with Gasteiger partial charge in [-0.2, -0.15) is 0 Å². The molecule has 296 valence electrons. The molecule has 2 aliphatic rings. The Bertz CT molecular complexity index is 2780. The Hall–Kier alpha value is -6.60. The highest BCUT2D eigenvalue weighted by Gasteiger charge is 2.37. The average molecular weight is 773 g/mol. The number of fused-ring (bicyclic) bond motifs is 4. The highest BCUT2D eigenvalue weighted by atomic mass is 16.4. The van der Waals surface area contributed by atoms with E-state index in [1.807, 2.05) is 90.1 Å². The van der Waals surface area contributed by atoms with Gasteiger partial charge in [-0.05, 0) is 86.1 Å². The van der Waals surface area contributed by atoms with Gasteiger partial charge in [0.2, 0.25) is 17.2 Å². The van der Waals surface area contributed by atoms with Gasteiger partial charge < -0.3 is 35.3 Å². The lowest BCUT2D eigenvalue weighted by molar-refractivity contribution is 0.329. The summed E-state index contributed by atoms with van der Waals surface area (Å²) in [4.78, 5) is 4.04. The SMILES string of the molecule is CC.CC.CC.CC1(C)c2ccccc2-c2ccc(N(c3c(O)c(O)c(O)c(O)c3O)c3ccc4ccc5c(N6CCc7ccccc76)ccc6ccc3c4c65)cc21. The predicted molar refractivity (Wildman–Crippen MR) is 242 cm³/mol. The highest BCUT2D eigenvalue weighted by molar-refractivity contribution is 6.28. The quantitative estimate of drug-likeness (QED) is 0.0689. The zero-order valence-corrected chi connectivity index (χ0v) is 34.5. The molecule has 0 amide bonds. The van der Waals surface area contributed by atoms with Gasteiger partial charge in [-0.25, -0.2) is 0 Å². The van der Waals surface area contributed by atoms with Gasteiger partial charge in [0.1, 0.15) is 5.69 Å². The maximum Gasteiger partial charge on any atom is 0.208 e. The summed E-state index contributed by atoms with van der Waals surface area (Å²) < 4.78 is 0. The molecule has 7 nitrogen and oxygen atoms in total. The van der Waals surface area contributed by atoms with E-state index in [9.17, 15) is 25.5 Å². The van der Waals surface area contributed by atoms with Crippen molar-refractivity contribution in [1.82, 2.24) is 0 Å². The minimum Gasteiger partial charge on any atom is -0.503 e. The number of phenols is 5. The molecule has 0 radical (unpaired) electrons. The molecule has 0 atom stereocenters. The topological polar surface area (TPSA) is 108 Å². The fourth-order valence-electron chi connectivity index (χ4n) is 8.89. The number of nitrogens with zero attached hydrogens (tertiary/aromatic N) is 2. The molecule has 0 aromatic heterocycles. The summed E-state index contributed by atoms with van der Waals surface area (Å²) in [6, 6.07) is 39.6. The average Bonchev–Trinajstić information content (AvgIpc) is 3.81. The number of hydrogen-bond acceptors (Lipinski definition) is 7. The molecule has 0 saturated heterocycles. The number of anilines is 5. The van der Waals surface area contributed by atoms with Crippen molar-refractivity contribution in [1.29, 1.82) is 0 Å². The van der Waals surface area contributed by atoms with E-state index in [4.69, 9.17) is 0 Å². The van der Waals surface area contributed by atoms with Crippen LogP contribution in [-0.2, 0) is 11.8 Å². The zero-order valence-electron chi connectivity index (χ0n) is 34.5. The summed E-state index contributed by atoms with van der Waals surface area (Å²) in [5.74, 6) is -4.40. The van der Waals surface area contributed by atoms with E-state index in [1.165, 1.54) is 16.8 Å². The highest BCUT2D eigenvalue weighted by Crippen LogP contribution is 2.60. The second-order valence-electron chi connectivity index (χ2n) is 14.4. The zero-order chi connectivity index (χ0) is 41.6. The fourth-order valence-corrected chi connectivity index (χ4v) is 8.89. The third kappa shape index (κ3) is 5.79. The molecule has 7 heteroatoms. The van der Waals surface area contributed by atoms with Gasteiger partial charge in [-0.1, -0.05) is 140 Å². The monoisotopic (exact) mass is 772 g/mol. The van der Waals surface area contributed by atoms with Crippen molar-refractivity contribution in [2.24, 2.45) is 0 Å².